The quantitative estimate of drug-likeness (QED) is 0.679. The van der Waals surface area contributed by atoms with Crippen LogP contribution < -0.4 is 5.32 Å². The van der Waals surface area contributed by atoms with Gasteiger partial charge in [-0.05, 0) is 48.0 Å². The van der Waals surface area contributed by atoms with Crippen LogP contribution in [-0.2, 0) is 6.54 Å². The molecule has 0 bridgehead atoms. The minimum Gasteiger partial charge on any atom is -0.458 e. The Labute approximate surface area is 152 Å². The topological polar surface area (TPSA) is 93.2 Å². The van der Waals surface area contributed by atoms with Gasteiger partial charge in [0.15, 0.2) is 0 Å². The summed E-state index contributed by atoms with van der Waals surface area (Å²) in [5, 5.41) is 17.3. The number of halogens is 1. The Morgan fingerprint density at radius 1 is 1.40 bits per heavy atom. The van der Waals surface area contributed by atoms with Crippen molar-refractivity contribution < 1.29 is 14.3 Å². The first kappa shape index (κ1) is 17.4. The van der Waals surface area contributed by atoms with E-state index in [1.54, 1.807) is 49.1 Å². The normalized spacial score (nSPS) is 11.5. The molecule has 25 heavy (non-hydrogen) atoms. The van der Waals surface area contributed by atoms with E-state index in [1.165, 1.54) is 6.26 Å². The van der Waals surface area contributed by atoms with Gasteiger partial charge in [0.05, 0.1) is 34.3 Å². The predicted molar refractivity (Wildman–Crippen MR) is 96.1 cm³/mol. The molecule has 0 aliphatic carbocycles. The van der Waals surface area contributed by atoms with E-state index in [9.17, 15) is 9.90 Å². The standard InChI is InChI=1S/C17H17BrN4O3/c1-17(2,24)10-22-9-13(14(21-22)12-5-3-4-7-19-12)20-16(23)15-11(18)6-8-25-15/h3-9,24H,10H2,1-2H3,(H,20,23). The number of aromatic nitrogens is 3. The summed E-state index contributed by atoms with van der Waals surface area (Å²) in [7, 11) is 0. The smallest absolute Gasteiger partial charge is 0.292 e. The maximum Gasteiger partial charge on any atom is 0.292 e. The summed E-state index contributed by atoms with van der Waals surface area (Å²) in [4.78, 5) is 16.7. The summed E-state index contributed by atoms with van der Waals surface area (Å²) >= 11 is 3.27. The summed E-state index contributed by atoms with van der Waals surface area (Å²) in [5.41, 5.74) is 0.668. The molecule has 0 spiro atoms. The Morgan fingerprint density at radius 2 is 2.20 bits per heavy atom. The Hall–Kier alpha value is -2.45. The minimum absolute atomic E-state index is 0.169. The number of aliphatic hydroxyl groups is 1. The molecule has 3 aromatic rings. The molecule has 0 radical (unpaired) electrons. The zero-order valence-corrected chi connectivity index (χ0v) is 15.3. The highest BCUT2D eigenvalue weighted by atomic mass is 79.9. The Bertz CT molecular complexity index is 881. The van der Waals surface area contributed by atoms with E-state index < -0.39 is 11.5 Å². The number of nitrogens with zero attached hydrogens (tertiary/aromatic N) is 3. The van der Waals surface area contributed by atoms with E-state index in [1.807, 2.05) is 6.07 Å². The van der Waals surface area contributed by atoms with Crippen molar-refractivity contribution in [3.63, 3.8) is 0 Å². The van der Waals surface area contributed by atoms with Crippen LogP contribution in [0.15, 0.2) is 51.8 Å². The number of carbonyl (C=O) groups is 1. The zero-order chi connectivity index (χ0) is 18.0. The summed E-state index contributed by atoms with van der Waals surface area (Å²) in [6, 6.07) is 7.09. The molecule has 130 valence electrons. The minimum atomic E-state index is -0.946. The molecule has 0 unspecified atom stereocenters. The summed E-state index contributed by atoms with van der Waals surface area (Å²) in [5.74, 6) is -0.237. The van der Waals surface area contributed by atoms with Crippen LogP contribution in [0.3, 0.4) is 0 Å². The van der Waals surface area contributed by atoms with E-state index in [0.717, 1.165) is 0 Å². The van der Waals surface area contributed by atoms with Crippen molar-refractivity contribution in [2.45, 2.75) is 26.0 Å². The zero-order valence-electron chi connectivity index (χ0n) is 13.7. The Morgan fingerprint density at radius 3 is 2.80 bits per heavy atom. The molecule has 0 aliphatic rings. The third-order valence-corrected chi connectivity index (χ3v) is 3.91. The van der Waals surface area contributed by atoms with E-state index in [2.05, 4.69) is 31.3 Å². The first-order valence-electron chi connectivity index (χ1n) is 7.59. The first-order valence-corrected chi connectivity index (χ1v) is 8.38. The van der Waals surface area contributed by atoms with Crippen molar-refractivity contribution in [1.29, 1.82) is 0 Å². The maximum absolute atomic E-state index is 12.4. The van der Waals surface area contributed by atoms with Crippen molar-refractivity contribution in [2.75, 3.05) is 5.32 Å². The van der Waals surface area contributed by atoms with Crippen molar-refractivity contribution >= 4 is 27.5 Å². The van der Waals surface area contributed by atoms with Crippen LogP contribution in [0.5, 0.6) is 0 Å². The number of rotatable bonds is 5. The fraction of sp³-hybridized carbons (Fsp3) is 0.235. The monoisotopic (exact) mass is 404 g/mol. The summed E-state index contributed by atoms with van der Waals surface area (Å²) in [6.07, 6.45) is 4.74. The van der Waals surface area contributed by atoms with Gasteiger partial charge in [-0.1, -0.05) is 6.07 Å². The van der Waals surface area contributed by atoms with Crippen molar-refractivity contribution in [3.8, 4) is 11.4 Å². The molecule has 0 saturated carbocycles. The van der Waals surface area contributed by atoms with E-state index in [4.69, 9.17) is 4.42 Å². The van der Waals surface area contributed by atoms with Gasteiger partial charge >= 0.3 is 0 Å². The number of nitrogens with one attached hydrogen (secondary N) is 1. The molecule has 3 rings (SSSR count). The molecule has 0 saturated heterocycles. The second kappa shape index (κ2) is 6.81. The molecule has 0 aromatic carbocycles. The molecule has 1 amide bonds. The predicted octanol–water partition coefficient (Wildman–Crippen LogP) is 3.32. The van der Waals surface area contributed by atoms with E-state index >= 15 is 0 Å². The van der Waals surface area contributed by atoms with Gasteiger partial charge in [0.25, 0.3) is 5.91 Å². The fourth-order valence-corrected chi connectivity index (χ4v) is 2.70. The fourth-order valence-electron chi connectivity index (χ4n) is 2.32. The lowest BCUT2D eigenvalue weighted by Crippen LogP contribution is -2.26. The molecule has 8 heteroatoms. The van der Waals surface area contributed by atoms with Gasteiger partial charge in [-0.3, -0.25) is 14.5 Å². The number of amides is 1. The summed E-state index contributed by atoms with van der Waals surface area (Å²) in [6.45, 7) is 3.65. The highest BCUT2D eigenvalue weighted by molar-refractivity contribution is 9.10. The molecule has 0 atom stereocenters. The van der Waals surface area contributed by atoms with Crippen LogP contribution in [0.1, 0.15) is 24.4 Å². The molecular formula is C17H17BrN4O3. The molecular weight excluding hydrogens is 388 g/mol. The van der Waals surface area contributed by atoms with Crippen molar-refractivity contribution in [3.05, 3.63) is 53.2 Å². The Kier molecular flexibility index (Phi) is 4.73. The molecule has 0 aliphatic heterocycles. The average molecular weight is 405 g/mol. The SMILES string of the molecule is CC(C)(O)Cn1cc(NC(=O)c2occc2Br)c(-c2ccccn2)n1. The molecule has 3 heterocycles. The Balaban J connectivity index is 1.96. The van der Waals surface area contributed by atoms with Gasteiger partial charge in [-0.25, -0.2) is 0 Å². The number of pyridine rings is 1. The highest BCUT2D eigenvalue weighted by Gasteiger charge is 2.21. The van der Waals surface area contributed by atoms with Crippen LogP contribution in [0, 0.1) is 0 Å². The van der Waals surface area contributed by atoms with Gasteiger partial charge in [0, 0.05) is 12.4 Å². The number of hydrogen-bond donors (Lipinski definition) is 2. The van der Waals surface area contributed by atoms with Crippen LogP contribution in [0.25, 0.3) is 11.4 Å². The van der Waals surface area contributed by atoms with Gasteiger partial charge in [-0.15, -0.1) is 0 Å². The highest BCUT2D eigenvalue weighted by Crippen LogP contribution is 2.27. The average Bonchev–Trinajstić information content (AvgIpc) is 3.13. The number of hydrogen-bond acceptors (Lipinski definition) is 5. The second-order valence-corrected chi connectivity index (χ2v) is 7.02. The second-order valence-electron chi connectivity index (χ2n) is 6.17. The lowest BCUT2D eigenvalue weighted by atomic mass is 10.1. The molecule has 7 nitrogen and oxygen atoms in total. The molecule has 0 fully saturated rings. The van der Waals surface area contributed by atoms with Crippen molar-refractivity contribution in [2.24, 2.45) is 0 Å². The number of carbonyl (C=O) groups excluding carboxylic acids is 1. The van der Waals surface area contributed by atoms with Crippen LogP contribution >= 0.6 is 15.9 Å². The van der Waals surface area contributed by atoms with E-state index in [-0.39, 0.29) is 12.3 Å². The largest absolute Gasteiger partial charge is 0.458 e. The van der Waals surface area contributed by atoms with Gasteiger partial charge in [0.1, 0.15) is 5.69 Å². The third kappa shape index (κ3) is 4.15. The van der Waals surface area contributed by atoms with Gasteiger partial charge in [-0.2, -0.15) is 5.10 Å². The lowest BCUT2D eigenvalue weighted by molar-refractivity contribution is 0.0578. The lowest BCUT2D eigenvalue weighted by Gasteiger charge is -2.16. The van der Waals surface area contributed by atoms with Gasteiger partial charge in [0.2, 0.25) is 5.76 Å². The molecule has 2 N–H and O–H groups in total. The van der Waals surface area contributed by atoms with Crippen LogP contribution in [0.4, 0.5) is 5.69 Å². The van der Waals surface area contributed by atoms with Gasteiger partial charge < -0.3 is 14.8 Å². The molecule has 3 aromatic heterocycles. The first-order chi connectivity index (χ1) is 11.8. The number of furan rings is 1. The summed E-state index contributed by atoms with van der Waals surface area (Å²) < 4.78 is 7.33. The third-order valence-electron chi connectivity index (χ3n) is 3.29. The van der Waals surface area contributed by atoms with Crippen molar-refractivity contribution in [1.82, 2.24) is 14.8 Å². The van der Waals surface area contributed by atoms with Crippen LogP contribution in [-0.4, -0.2) is 31.4 Å². The van der Waals surface area contributed by atoms with E-state index in [0.29, 0.717) is 21.5 Å². The number of anilines is 1. The maximum atomic E-state index is 12.4. The van der Waals surface area contributed by atoms with Crippen LogP contribution in [0.2, 0.25) is 0 Å².